The molecule has 2 heterocycles. The van der Waals surface area contributed by atoms with Crippen LogP contribution in [0.1, 0.15) is 22.7 Å². The third kappa shape index (κ3) is 3.19. The van der Waals surface area contributed by atoms with Crippen LogP contribution in [0.25, 0.3) is 16.7 Å². The largest absolute Gasteiger partial charge is 0.507 e. The number of ether oxygens (including phenoxy) is 1. The topological polar surface area (TPSA) is 71.8 Å². The molecule has 0 spiro atoms. The number of aromatic nitrogens is 1. The third-order valence-electron chi connectivity index (χ3n) is 5.62. The lowest BCUT2D eigenvalue weighted by molar-refractivity contribution is -0.140. The Kier molecular flexibility index (Phi) is 5.18. The zero-order valence-corrected chi connectivity index (χ0v) is 17.3. The number of ketones is 1. The number of carbonyl (C=O) groups is 2. The van der Waals surface area contributed by atoms with Gasteiger partial charge in [0, 0.05) is 48.9 Å². The van der Waals surface area contributed by atoms with Crippen molar-refractivity contribution in [2.75, 3.05) is 20.3 Å². The minimum absolute atomic E-state index is 0.108. The molecule has 0 bridgehead atoms. The number of para-hydroxylation sites is 1. The molecule has 2 aromatic carbocycles. The van der Waals surface area contributed by atoms with Crippen molar-refractivity contribution in [1.29, 1.82) is 0 Å². The molecule has 1 unspecified atom stereocenters. The first-order valence-electron chi connectivity index (χ1n) is 9.82. The molecule has 1 aromatic heterocycles. The number of aliphatic hydroxyl groups excluding tert-OH is 1. The third-order valence-corrected chi connectivity index (χ3v) is 5.62. The molecule has 0 radical (unpaired) electrons. The number of amides is 1. The van der Waals surface area contributed by atoms with E-state index in [9.17, 15) is 14.7 Å². The molecule has 1 amide bonds. The lowest BCUT2D eigenvalue weighted by Gasteiger charge is -2.24. The minimum Gasteiger partial charge on any atom is -0.507 e. The summed E-state index contributed by atoms with van der Waals surface area (Å²) in [5.41, 5.74) is 3.45. The molecular weight excluding hydrogens is 380 g/mol. The van der Waals surface area contributed by atoms with Crippen molar-refractivity contribution >= 4 is 28.4 Å². The highest BCUT2D eigenvalue weighted by Crippen LogP contribution is 2.42. The molecule has 6 nitrogen and oxygen atoms in total. The Hall–Kier alpha value is -3.38. The Bertz CT molecular complexity index is 1160. The van der Waals surface area contributed by atoms with Gasteiger partial charge in [-0.2, -0.15) is 0 Å². The number of benzene rings is 2. The number of aliphatic hydroxyl groups is 1. The summed E-state index contributed by atoms with van der Waals surface area (Å²) in [6.45, 7) is 2.49. The van der Waals surface area contributed by atoms with E-state index in [-0.39, 0.29) is 17.9 Å². The first kappa shape index (κ1) is 19.9. The molecule has 4 rings (SSSR count). The smallest absolute Gasteiger partial charge is 0.295 e. The summed E-state index contributed by atoms with van der Waals surface area (Å²) in [4.78, 5) is 27.4. The van der Waals surface area contributed by atoms with Crippen molar-refractivity contribution in [2.24, 2.45) is 7.05 Å². The number of carbonyl (C=O) groups excluding carboxylic acids is 2. The fourth-order valence-electron chi connectivity index (χ4n) is 4.08. The molecule has 30 heavy (non-hydrogen) atoms. The van der Waals surface area contributed by atoms with Gasteiger partial charge in [0.2, 0.25) is 0 Å². The Balaban J connectivity index is 1.95. The highest BCUT2D eigenvalue weighted by atomic mass is 16.5. The van der Waals surface area contributed by atoms with Gasteiger partial charge in [0.15, 0.2) is 0 Å². The van der Waals surface area contributed by atoms with Crippen molar-refractivity contribution in [2.45, 2.75) is 13.0 Å². The summed E-state index contributed by atoms with van der Waals surface area (Å²) < 4.78 is 7.13. The number of rotatable bonds is 5. The summed E-state index contributed by atoms with van der Waals surface area (Å²) in [6, 6.07) is 14.4. The van der Waals surface area contributed by atoms with Gasteiger partial charge in [-0.3, -0.25) is 9.59 Å². The molecule has 1 aliphatic heterocycles. The van der Waals surface area contributed by atoms with E-state index in [0.717, 1.165) is 22.0 Å². The highest BCUT2D eigenvalue weighted by molar-refractivity contribution is 6.46. The molecule has 0 aliphatic carbocycles. The van der Waals surface area contributed by atoms with Gasteiger partial charge < -0.3 is 19.3 Å². The van der Waals surface area contributed by atoms with E-state index in [0.29, 0.717) is 12.2 Å². The fourth-order valence-corrected chi connectivity index (χ4v) is 4.08. The average Bonchev–Trinajstić information content (AvgIpc) is 3.21. The quantitative estimate of drug-likeness (QED) is 0.401. The van der Waals surface area contributed by atoms with Gasteiger partial charge in [0.05, 0.1) is 18.2 Å². The van der Waals surface area contributed by atoms with Gasteiger partial charge in [-0.1, -0.05) is 48.0 Å². The molecule has 1 N–H and O–H groups in total. The Labute approximate surface area is 175 Å². The predicted molar refractivity (Wildman–Crippen MR) is 115 cm³/mol. The van der Waals surface area contributed by atoms with Crippen LogP contribution >= 0.6 is 0 Å². The second kappa shape index (κ2) is 7.80. The fraction of sp³-hybridized carbons (Fsp3) is 0.250. The summed E-state index contributed by atoms with van der Waals surface area (Å²) >= 11 is 0. The first-order chi connectivity index (χ1) is 14.4. The Morgan fingerprint density at radius 3 is 2.50 bits per heavy atom. The predicted octanol–water partition coefficient (Wildman–Crippen LogP) is 3.55. The number of hydrogen-bond donors (Lipinski definition) is 1. The molecule has 0 saturated carbocycles. The molecule has 1 fully saturated rings. The number of likely N-dealkylation sites (tertiary alicyclic amines) is 1. The van der Waals surface area contributed by atoms with E-state index < -0.39 is 17.7 Å². The van der Waals surface area contributed by atoms with Gasteiger partial charge in [0.1, 0.15) is 5.76 Å². The van der Waals surface area contributed by atoms with Crippen LogP contribution in [0, 0.1) is 6.92 Å². The van der Waals surface area contributed by atoms with Crippen molar-refractivity contribution in [3.63, 3.8) is 0 Å². The maximum absolute atomic E-state index is 13.0. The number of nitrogens with zero attached hydrogens (tertiary/aromatic N) is 2. The molecule has 1 saturated heterocycles. The monoisotopic (exact) mass is 404 g/mol. The van der Waals surface area contributed by atoms with Crippen molar-refractivity contribution in [3.05, 3.63) is 77.0 Å². The van der Waals surface area contributed by atoms with Gasteiger partial charge in [-0.15, -0.1) is 0 Å². The maximum atomic E-state index is 13.0. The molecule has 1 aliphatic rings. The van der Waals surface area contributed by atoms with Crippen LogP contribution in [0.3, 0.4) is 0 Å². The second-order valence-corrected chi connectivity index (χ2v) is 7.56. The molecule has 1 atom stereocenters. The molecule has 3 aromatic rings. The molecular formula is C24H24N2O4. The van der Waals surface area contributed by atoms with E-state index in [1.54, 1.807) is 19.2 Å². The molecule has 6 heteroatoms. The van der Waals surface area contributed by atoms with Crippen molar-refractivity contribution in [1.82, 2.24) is 9.47 Å². The summed E-state index contributed by atoms with van der Waals surface area (Å²) in [5, 5.41) is 12.0. The number of fused-ring (bicyclic) bond motifs is 1. The standard InChI is InChI=1S/C24H24N2O4/c1-15-8-10-16(11-9-15)22(27)20-21(26(12-13-30-3)24(29)23(20)28)18-14-25(2)19-7-5-4-6-17(18)19/h4-11,14,21,27H,12-13H2,1-3H3/b22-20+. The lowest BCUT2D eigenvalue weighted by Crippen LogP contribution is -2.32. The number of hydrogen-bond acceptors (Lipinski definition) is 4. The number of methoxy groups -OCH3 is 1. The van der Waals surface area contributed by atoms with Crippen LogP contribution < -0.4 is 0 Å². The summed E-state index contributed by atoms with van der Waals surface area (Å²) in [7, 11) is 3.48. The normalized spacial score (nSPS) is 18.5. The van der Waals surface area contributed by atoms with E-state index in [1.807, 2.05) is 61.1 Å². The van der Waals surface area contributed by atoms with Crippen LogP contribution in [-0.2, 0) is 21.4 Å². The zero-order chi connectivity index (χ0) is 21.4. The number of aryl methyl sites for hydroxylation is 2. The average molecular weight is 404 g/mol. The highest BCUT2D eigenvalue weighted by Gasteiger charge is 2.46. The summed E-state index contributed by atoms with van der Waals surface area (Å²) in [5.74, 6) is -1.47. The van der Waals surface area contributed by atoms with Gasteiger partial charge in [0.25, 0.3) is 11.7 Å². The van der Waals surface area contributed by atoms with Crippen LogP contribution in [0.5, 0.6) is 0 Å². The SMILES string of the molecule is COCCN1C(=O)C(=O)/C(=C(/O)c2ccc(C)cc2)C1c1cn(C)c2ccccc12. The van der Waals surface area contributed by atoms with E-state index in [1.165, 1.54) is 4.90 Å². The minimum atomic E-state index is -0.687. The van der Waals surface area contributed by atoms with Gasteiger partial charge >= 0.3 is 0 Å². The van der Waals surface area contributed by atoms with E-state index in [2.05, 4.69) is 0 Å². The van der Waals surface area contributed by atoms with E-state index in [4.69, 9.17) is 4.74 Å². The maximum Gasteiger partial charge on any atom is 0.295 e. The van der Waals surface area contributed by atoms with Crippen LogP contribution in [-0.4, -0.2) is 46.5 Å². The van der Waals surface area contributed by atoms with E-state index >= 15 is 0 Å². The summed E-state index contributed by atoms with van der Waals surface area (Å²) in [6.07, 6.45) is 1.92. The second-order valence-electron chi connectivity index (χ2n) is 7.56. The van der Waals surface area contributed by atoms with Crippen LogP contribution in [0.2, 0.25) is 0 Å². The lowest BCUT2D eigenvalue weighted by atomic mass is 9.94. The Morgan fingerprint density at radius 1 is 1.10 bits per heavy atom. The van der Waals surface area contributed by atoms with Gasteiger partial charge in [-0.25, -0.2) is 0 Å². The zero-order valence-electron chi connectivity index (χ0n) is 17.3. The van der Waals surface area contributed by atoms with Crippen LogP contribution in [0.15, 0.2) is 60.3 Å². The first-order valence-corrected chi connectivity index (χ1v) is 9.82. The number of Topliss-reactive ketones (excluding diaryl/α,β-unsaturated/α-hetero) is 1. The van der Waals surface area contributed by atoms with Crippen LogP contribution in [0.4, 0.5) is 0 Å². The van der Waals surface area contributed by atoms with Gasteiger partial charge in [-0.05, 0) is 13.0 Å². The van der Waals surface area contributed by atoms with Crippen molar-refractivity contribution < 1.29 is 19.4 Å². The molecule has 154 valence electrons. The Morgan fingerprint density at radius 2 is 1.80 bits per heavy atom. The van der Waals surface area contributed by atoms with Crippen molar-refractivity contribution in [3.8, 4) is 0 Å².